The normalized spacial score (nSPS) is 10.9. The highest BCUT2D eigenvalue weighted by molar-refractivity contribution is 6.31. The van der Waals surface area contributed by atoms with Gasteiger partial charge in [-0.25, -0.2) is 0 Å². The highest BCUT2D eigenvalue weighted by Gasteiger charge is 2.11. The number of nitrogens with zero attached hydrogens (tertiary/aromatic N) is 4. The number of fused-ring (bicyclic) bond motifs is 1. The minimum atomic E-state index is -0.139. The van der Waals surface area contributed by atoms with Crippen LogP contribution in [0.2, 0.25) is 5.02 Å². The summed E-state index contributed by atoms with van der Waals surface area (Å²) in [7, 11) is 0. The van der Waals surface area contributed by atoms with Crippen molar-refractivity contribution in [3.63, 3.8) is 0 Å². The van der Waals surface area contributed by atoms with Crippen molar-refractivity contribution in [1.29, 1.82) is 0 Å². The number of amides is 1. The average molecular weight is 392 g/mol. The van der Waals surface area contributed by atoms with Crippen LogP contribution in [0.15, 0.2) is 60.7 Å². The molecule has 2 aromatic heterocycles. The highest BCUT2D eigenvalue weighted by atomic mass is 35.5. The number of aryl methyl sites for hydroxylation is 1. The molecule has 0 atom stereocenters. The second-order valence-corrected chi connectivity index (χ2v) is 6.92. The van der Waals surface area contributed by atoms with Gasteiger partial charge in [0.1, 0.15) is 0 Å². The second-order valence-electron chi connectivity index (χ2n) is 6.52. The van der Waals surface area contributed by atoms with Crippen molar-refractivity contribution in [3.8, 4) is 11.3 Å². The van der Waals surface area contributed by atoms with Gasteiger partial charge in [-0.3, -0.25) is 4.79 Å². The number of rotatable bonds is 5. The summed E-state index contributed by atoms with van der Waals surface area (Å²) in [6.07, 6.45) is 0.207. The molecule has 0 saturated heterocycles. The van der Waals surface area contributed by atoms with Crippen LogP contribution in [-0.4, -0.2) is 25.7 Å². The van der Waals surface area contributed by atoms with Crippen LogP contribution in [0.3, 0.4) is 0 Å². The first-order chi connectivity index (χ1) is 13.6. The third-order valence-corrected chi connectivity index (χ3v) is 4.80. The topological polar surface area (TPSA) is 72.2 Å². The van der Waals surface area contributed by atoms with E-state index in [-0.39, 0.29) is 18.9 Å². The number of hydrogen-bond acceptors (Lipinski definition) is 4. The predicted molar refractivity (Wildman–Crippen MR) is 108 cm³/mol. The van der Waals surface area contributed by atoms with Crippen LogP contribution in [0.1, 0.15) is 17.0 Å². The molecule has 0 radical (unpaired) electrons. The van der Waals surface area contributed by atoms with Gasteiger partial charge in [-0.05, 0) is 30.7 Å². The Labute approximate surface area is 167 Å². The molecule has 4 rings (SSSR count). The molecule has 6 nitrogen and oxygen atoms in total. The zero-order valence-electron chi connectivity index (χ0n) is 15.3. The fourth-order valence-electron chi connectivity index (χ4n) is 2.88. The minimum Gasteiger partial charge on any atom is -0.348 e. The molecular weight excluding hydrogens is 374 g/mol. The maximum absolute atomic E-state index is 12.3. The molecule has 0 unspecified atom stereocenters. The third kappa shape index (κ3) is 3.87. The largest absolute Gasteiger partial charge is 0.348 e. The van der Waals surface area contributed by atoms with Crippen LogP contribution in [0.4, 0.5) is 0 Å². The molecule has 2 heterocycles. The summed E-state index contributed by atoms with van der Waals surface area (Å²) in [6, 6.07) is 19.2. The first kappa shape index (κ1) is 18.1. The average Bonchev–Trinajstić information content (AvgIpc) is 3.11. The molecule has 0 aliphatic carbocycles. The van der Waals surface area contributed by atoms with Crippen molar-refractivity contribution >= 4 is 23.2 Å². The second kappa shape index (κ2) is 7.78. The van der Waals surface area contributed by atoms with E-state index >= 15 is 0 Å². The smallest absolute Gasteiger partial charge is 0.224 e. The van der Waals surface area contributed by atoms with Gasteiger partial charge in [0.05, 0.1) is 18.7 Å². The van der Waals surface area contributed by atoms with Crippen molar-refractivity contribution in [2.24, 2.45) is 0 Å². The van der Waals surface area contributed by atoms with Crippen LogP contribution < -0.4 is 5.32 Å². The van der Waals surface area contributed by atoms with Crippen LogP contribution in [0.25, 0.3) is 16.9 Å². The summed E-state index contributed by atoms with van der Waals surface area (Å²) in [4.78, 5) is 12.3. The molecule has 4 aromatic rings. The molecule has 140 valence electrons. The molecule has 0 bridgehead atoms. The molecule has 0 aliphatic heterocycles. The Balaban J connectivity index is 1.51. The highest BCUT2D eigenvalue weighted by Crippen LogP contribution is 2.18. The lowest BCUT2D eigenvalue weighted by molar-refractivity contribution is -0.120. The van der Waals surface area contributed by atoms with Crippen LogP contribution in [0, 0.1) is 6.92 Å². The van der Waals surface area contributed by atoms with E-state index < -0.39 is 0 Å². The zero-order chi connectivity index (χ0) is 19.5. The Morgan fingerprint density at radius 1 is 1.04 bits per heavy atom. The monoisotopic (exact) mass is 391 g/mol. The van der Waals surface area contributed by atoms with Gasteiger partial charge in [0.15, 0.2) is 11.5 Å². The van der Waals surface area contributed by atoms with Gasteiger partial charge < -0.3 is 5.32 Å². The standard InChI is InChI=1S/C21H18ClN5O/c1-14-6-8-15(9-7-14)18-10-11-19-24-25-20(27(19)26-18)13-23-21(28)12-16-4-2-3-5-17(16)22/h2-11H,12-13H2,1H3,(H,23,28). The Hall–Kier alpha value is -3.25. The number of aromatic nitrogens is 4. The quantitative estimate of drug-likeness (QED) is 0.564. The molecule has 2 aromatic carbocycles. The van der Waals surface area contributed by atoms with Gasteiger partial charge in [-0.15, -0.1) is 10.2 Å². The van der Waals surface area contributed by atoms with E-state index in [2.05, 4.69) is 20.6 Å². The Kier molecular flexibility index (Phi) is 5.04. The van der Waals surface area contributed by atoms with E-state index in [1.54, 1.807) is 10.6 Å². The molecule has 0 spiro atoms. The van der Waals surface area contributed by atoms with E-state index in [1.807, 2.05) is 61.5 Å². The van der Waals surface area contributed by atoms with Crippen LogP contribution >= 0.6 is 11.6 Å². The van der Waals surface area contributed by atoms with E-state index in [9.17, 15) is 4.79 Å². The summed E-state index contributed by atoms with van der Waals surface area (Å²) in [5.74, 6) is 0.427. The molecule has 7 heteroatoms. The van der Waals surface area contributed by atoms with Crippen LogP contribution in [0.5, 0.6) is 0 Å². The maximum atomic E-state index is 12.3. The Morgan fingerprint density at radius 2 is 1.82 bits per heavy atom. The van der Waals surface area contributed by atoms with E-state index in [0.717, 1.165) is 16.8 Å². The van der Waals surface area contributed by atoms with E-state index in [1.165, 1.54) is 5.56 Å². The maximum Gasteiger partial charge on any atom is 0.224 e. The van der Waals surface area contributed by atoms with Crippen molar-refractivity contribution < 1.29 is 4.79 Å². The first-order valence-corrected chi connectivity index (χ1v) is 9.26. The number of carbonyl (C=O) groups is 1. The van der Waals surface area contributed by atoms with Crippen molar-refractivity contribution in [2.75, 3.05) is 0 Å². The summed E-state index contributed by atoms with van der Waals surface area (Å²) in [6.45, 7) is 2.28. The van der Waals surface area contributed by atoms with Gasteiger partial charge >= 0.3 is 0 Å². The number of halogens is 1. The Morgan fingerprint density at radius 3 is 2.61 bits per heavy atom. The number of hydrogen-bond donors (Lipinski definition) is 1. The number of carbonyl (C=O) groups excluding carboxylic acids is 1. The molecule has 28 heavy (non-hydrogen) atoms. The van der Waals surface area contributed by atoms with Crippen molar-refractivity contribution in [1.82, 2.24) is 25.1 Å². The lowest BCUT2D eigenvalue weighted by Crippen LogP contribution is -2.26. The predicted octanol–water partition coefficient (Wildman–Crippen LogP) is 3.61. The van der Waals surface area contributed by atoms with E-state index in [0.29, 0.717) is 16.5 Å². The molecule has 1 amide bonds. The molecule has 0 saturated carbocycles. The van der Waals surface area contributed by atoms with E-state index in [4.69, 9.17) is 11.6 Å². The SMILES string of the molecule is Cc1ccc(-c2ccc3nnc(CNC(=O)Cc4ccccc4Cl)n3n2)cc1. The zero-order valence-corrected chi connectivity index (χ0v) is 16.0. The van der Waals surface area contributed by atoms with Crippen LogP contribution in [-0.2, 0) is 17.8 Å². The van der Waals surface area contributed by atoms with Gasteiger partial charge in [0.2, 0.25) is 5.91 Å². The number of benzene rings is 2. The minimum absolute atomic E-state index is 0.139. The fraction of sp³-hybridized carbons (Fsp3) is 0.143. The van der Waals surface area contributed by atoms with Gasteiger partial charge in [-0.2, -0.15) is 9.61 Å². The summed E-state index contributed by atoms with van der Waals surface area (Å²) in [5.41, 5.74) is 4.43. The molecular formula is C21H18ClN5O. The lowest BCUT2D eigenvalue weighted by atomic mass is 10.1. The van der Waals surface area contributed by atoms with Crippen molar-refractivity contribution in [2.45, 2.75) is 19.9 Å². The summed E-state index contributed by atoms with van der Waals surface area (Å²) in [5, 5.41) is 16.3. The van der Waals surface area contributed by atoms with Gasteiger partial charge in [-0.1, -0.05) is 59.6 Å². The van der Waals surface area contributed by atoms with Crippen molar-refractivity contribution in [3.05, 3.63) is 82.6 Å². The lowest BCUT2D eigenvalue weighted by Gasteiger charge is -2.06. The number of nitrogens with one attached hydrogen (secondary N) is 1. The first-order valence-electron chi connectivity index (χ1n) is 8.88. The molecule has 1 N–H and O–H groups in total. The molecule has 0 fully saturated rings. The summed E-state index contributed by atoms with van der Waals surface area (Å²) >= 11 is 6.12. The third-order valence-electron chi connectivity index (χ3n) is 4.43. The Bertz CT molecular complexity index is 1140. The fourth-order valence-corrected chi connectivity index (χ4v) is 3.08. The summed E-state index contributed by atoms with van der Waals surface area (Å²) < 4.78 is 1.66. The van der Waals surface area contributed by atoms with Gasteiger partial charge in [0, 0.05) is 10.6 Å². The molecule has 0 aliphatic rings. The van der Waals surface area contributed by atoms with Gasteiger partial charge in [0.25, 0.3) is 0 Å².